The van der Waals surface area contributed by atoms with Gasteiger partial charge in [0.05, 0.1) is 18.9 Å². The van der Waals surface area contributed by atoms with E-state index in [1.165, 1.54) is 0 Å². The average molecular weight is 352 g/mol. The Balaban J connectivity index is 1.87. The Morgan fingerprint density at radius 3 is 2.88 bits per heavy atom. The molecule has 0 unspecified atom stereocenters. The highest BCUT2D eigenvalue weighted by Crippen LogP contribution is 2.22. The second-order valence-corrected chi connectivity index (χ2v) is 7.46. The van der Waals surface area contributed by atoms with Crippen molar-refractivity contribution in [3.05, 3.63) is 24.0 Å². The Morgan fingerprint density at radius 1 is 1.36 bits per heavy atom. The zero-order valence-corrected chi connectivity index (χ0v) is 15.5. The maximum Gasteiger partial charge on any atom is 0.410 e. The molecule has 2 rings (SSSR count). The molecule has 1 aromatic rings. The maximum atomic E-state index is 12.3. The minimum absolute atomic E-state index is 0.0186. The minimum atomic E-state index is -0.497. The van der Waals surface area contributed by atoms with Crippen LogP contribution in [0.25, 0.3) is 0 Å². The van der Waals surface area contributed by atoms with Crippen LogP contribution in [-0.4, -0.2) is 47.4 Å². The quantitative estimate of drug-likeness (QED) is 0.692. The number of nitrogens with zero attached hydrogens (tertiary/aromatic N) is 2. The van der Waals surface area contributed by atoms with Gasteiger partial charge < -0.3 is 14.4 Å². The Labute approximate surface area is 149 Å². The minimum Gasteiger partial charge on any atom is -0.490 e. The highest BCUT2D eigenvalue weighted by molar-refractivity contribution is 5.69. The standard InChI is InChI=1S/C19H29FN2O3/c1-19(2,3)25-18(23)22-10-6-8-16(22)14-24-17-11-15(12-21-13-17)7-4-5-9-20/h11-13,16H,4-10,14H2,1-3H3/t16-/m1/s1. The number of halogens is 1. The third-order valence-corrected chi connectivity index (χ3v) is 4.07. The van der Waals surface area contributed by atoms with E-state index < -0.39 is 5.60 Å². The molecule has 0 saturated carbocycles. The van der Waals surface area contributed by atoms with Crippen molar-refractivity contribution in [2.24, 2.45) is 0 Å². The van der Waals surface area contributed by atoms with Gasteiger partial charge >= 0.3 is 6.09 Å². The summed E-state index contributed by atoms with van der Waals surface area (Å²) in [4.78, 5) is 18.2. The molecule has 1 aliphatic heterocycles. The monoisotopic (exact) mass is 352 g/mol. The van der Waals surface area contributed by atoms with Crippen LogP contribution in [0.15, 0.2) is 18.5 Å². The molecule has 1 aromatic heterocycles. The Kier molecular flexibility index (Phi) is 7.02. The van der Waals surface area contributed by atoms with Crippen LogP contribution >= 0.6 is 0 Å². The Morgan fingerprint density at radius 2 is 2.16 bits per heavy atom. The SMILES string of the molecule is CC(C)(C)OC(=O)N1CCC[C@@H]1COc1cncc(CCCCF)c1. The molecule has 1 saturated heterocycles. The number of likely N-dealkylation sites (tertiary alicyclic amines) is 1. The average Bonchev–Trinajstić information content (AvgIpc) is 3.01. The number of amides is 1. The summed E-state index contributed by atoms with van der Waals surface area (Å²) in [5.41, 5.74) is 0.546. The highest BCUT2D eigenvalue weighted by atomic mass is 19.1. The molecule has 140 valence electrons. The number of carbonyl (C=O) groups is 1. The van der Waals surface area contributed by atoms with Crippen molar-refractivity contribution in [3.8, 4) is 5.75 Å². The van der Waals surface area contributed by atoms with E-state index in [0.29, 0.717) is 25.3 Å². The Bertz CT molecular complexity index is 560. The van der Waals surface area contributed by atoms with Gasteiger partial charge in [-0.15, -0.1) is 0 Å². The van der Waals surface area contributed by atoms with E-state index in [-0.39, 0.29) is 18.8 Å². The summed E-state index contributed by atoms with van der Waals surface area (Å²) in [5, 5.41) is 0. The normalized spacial score (nSPS) is 17.6. The van der Waals surface area contributed by atoms with E-state index in [1.54, 1.807) is 17.3 Å². The van der Waals surface area contributed by atoms with Gasteiger partial charge in [-0.3, -0.25) is 9.37 Å². The lowest BCUT2D eigenvalue weighted by Crippen LogP contribution is -2.42. The molecule has 0 aliphatic carbocycles. The molecule has 0 bridgehead atoms. The lowest BCUT2D eigenvalue weighted by Gasteiger charge is -2.28. The van der Waals surface area contributed by atoms with Gasteiger partial charge in [0.25, 0.3) is 0 Å². The fraction of sp³-hybridized carbons (Fsp3) is 0.684. The van der Waals surface area contributed by atoms with E-state index in [9.17, 15) is 9.18 Å². The van der Waals surface area contributed by atoms with Gasteiger partial charge in [-0.05, 0) is 64.5 Å². The number of carbonyl (C=O) groups excluding carboxylic acids is 1. The van der Waals surface area contributed by atoms with Crippen LogP contribution in [0.2, 0.25) is 0 Å². The maximum absolute atomic E-state index is 12.3. The predicted molar refractivity (Wildman–Crippen MR) is 94.6 cm³/mol. The zero-order chi connectivity index (χ0) is 18.3. The third kappa shape index (κ3) is 6.52. The number of alkyl halides is 1. The van der Waals surface area contributed by atoms with Crippen LogP contribution < -0.4 is 4.74 Å². The first-order valence-electron chi connectivity index (χ1n) is 9.01. The van der Waals surface area contributed by atoms with Crippen LogP contribution in [-0.2, 0) is 11.2 Å². The summed E-state index contributed by atoms with van der Waals surface area (Å²) >= 11 is 0. The highest BCUT2D eigenvalue weighted by Gasteiger charge is 2.32. The molecule has 1 fully saturated rings. The first-order chi connectivity index (χ1) is 11.9. The molecule has 1 amide bonds. The summed E-state index contributed by atoms with van der Waals surface area (Å²) < 4.78 is 23.5. The van der Waals surface area contributed by atoms with Crippen LogP contribution in [0.1, 0.15) is 52.0 Å². The number of rotatable bonds is 7. The van der Waals surface area contributed by atoms with E-state index in [1.807, 2.05) is 26.8 Å². The van der Waals surface area contributed by atoms with E-state index >= 15 is 0 Å². The van der Waals surface area contributed by atoms with Crippen molar-refractivity contribution in [3.63, 3.8) is 0 Å². The lowest BCUT2D eigenvalue weighted by molar-refractivity contribution is 0.0187. The molecular weight excluding hydrogens is 323 g/mol. The molecule has 6 heteroatoms. The fourth-order valence-electron chi connectivity index (χ4n) is 2.87. The first kappa shape index (κ1) is 19.5. The fourth-order valence-corrected chi connectivity index (χ4v) is 2.87. The van der Waals surface area contributed by atoms with Crippen molar-refractivity contribution >= 4 is 6.09 Å². The summed E-state index contributed by atoms with van der Waals surface area (Å²) in [6, 6.07) is 1.96. The summed E-state index contributed by atoms with van der Waals surface area (Å²) in [7, 11) is 0. The third-order valence-electron chi connectivity index (χ3n) is 4.07. The van der Waals surface area contributed by atoms with E-state index in [0.717, 1.165) is 31.2 Å². The zero-order valence-electron chi connectivity index (χ0n) is 15.5. The van der Waals surface area contributed by atoms with Gasteiger partial charge in [-0.1, -0.05) is 0 Å². The number of aromatic nitrogens is 1. The molecule has 1 aliphatic rings. The van der Waals surface area contributed by atoms with Crippen molar-refractivity contribution < 1.29 is 18.7 Å². The van der Waals surface area contributed by atoms with Crippen molar-refractivity contribution in [1.29, 1.82) is 0 Å². The number of aryl methyl sites for hydroxylation is 1. The molecule has 25 heavy (non-hydrogen) atoms. The smallest absolute Gasteiger partial charge is 0.410 e. The number of pyridine rings is 1. The van der Waals surface area contributed by atoms with E-state index in [4.69, 9.17) is 9.47 Å². The largest absolute Gasteiger partial charge is 0.490 e. The van der Waals surface area contributed by atoms with Gasteiger partial charge in [0, 0.05) is 12.7 Å². The number of unbranched alkanes of at least 4 members (excludes halogenated alkanes) is 1. The van der Waals surface area contributed by atoms with Crippen LogP contribution in [0.4, 0.5) is 9.18 Å². The molecule has 0 radical (unpaired) electrons. The van der Waals surface area contributed by atoms with Gasteiger partial charge in [-0.25, -0.2) is 4.79 Å². The van der Waals surface area contributed by atoms with Gasteiger partial charge in [0.1, 0.15) is 18.0 Å². The molecule has 1 atom stereocenters. The molecule has 0 spiro atoms. The van der Waals surface area contributed by atoms with Gasteiger partial charge in [0.15, 0.2) is 0 Å². The van der Waals surface area contributed by atoms with E-state index in [2.05, 4.69) is 4.98 Å². The predicted octanol–water partition coefficient (Wildman–Crippen LogP) is 4.15. The second-order valence-electron chi connectivity index (χ2n) is 7.46. The summed E-state index contributed by atoms with van der Waals surface area (Å²) in [6.45, 7) is 6.44. The molecule has 0 aromatic carbocycles. The topological polar surface area (TPSA) is 51.7 Å². The number of ether oxygens (including phenoxy) is 2. The number of hydrogen-bond acceptors (Lipinski definition) is 4. The van der Waals surface area contributed by atoms with Gasteiger partial charge in [0.2, 0.25) is 0 Å². The second kappa shape index (κ2) is 9.02. The van der Waals surface area contributed by atoms with Crippen molar-refractivity contribution in [2.75, 3.05) is 19.8 Å². The molecular formula is C19H29FN2O3. The van der Waals surface area contributed by atoms with Gasteiger partial charge in [-0.2, -0.15) is 0 Å². The first-order valence-corrected chi connectivity index (χ1v) is 9.01. The van der Waals surface area contributed by atoms with Crippen LogP contribution in [0.3, 0.4) is 0 Å². The molecule has 5 nitrogen and oxygen atoms in total. The van der Waals surface area contributed by atoms with Crippen molar-refractivity contribution in [1.82, 2.24) is 9.88 Å². The van der Waals surface area contributed by atoms with Crippen LogP contribution in [0.5, 0.6) is 5.75 Å². The Hall–Kier alpha value is -1.85. The molecule has 2 heterocycles. The van der Waals surface area contributed by atoms with Crippen molar-refractivity contribution in [2.45, 2.75) is 64.5 Å². The molecule has 0 N–H and O–H groups in total. The lowest BCUT2D eigenvalue weighted by atomic mass is 10.1. The number of hydrogen-bond donors (Lipinski definition) is 0. The van der Waals surface area contributed by atoms with Crippen LogP contribution in [0, 0.1) is 0 Å². The summed E-state index contributed by atoms with van der Waals surface area (Å²) in [6.07, 6.45) is 7.20. The summed E-state index contributed by atoms with van der Waals surface area (Å²) in [5.74, 6) is 0.689.